The van der Waals surface area contributed by atoms with Crippen LogP contribution in [0.2, 0.25) is 0 Å². The second kappa shape index (κ2) is 8.42. The van der Waals surface area contributed by atoms with Crippen molar-refractivity contribution in [3.05, 3.63) is 83.2 Å². The van der Waals surface area contributed by atoms with E-state index < -0.39 is 0 Å². The highest BCUT2D eigenvalue weighted by Gasteiger charge is 2.13. The number of hydrogen-bond acceptors (Lipinski definition) is 5. The quantitative estimate of drug-likeness (QED) is 0.221. The predicted molar refractivity (Wildman–Crippen MR) is 118 cm³/mol. The first-order valence-corrected chi connectivity index (χ1v) is 9.90. The van der Waals surface area contributed by atoms with Gasteiger partial charge in [0.15, 0.2) is 6.19 Å². The molecule has 0 aliphatic carbocycles. The Bertz CT molecular complexity index is 1190. The molecule has 0 fully saturated rings. The number of para-hydroxylation sites is 1. The van der Waals surface area contributed by atoms with E-state index in [0.29, 0.717) is 12.2 Å². The van der Waals surface area contributed by atoms with Crippen LogP contribution < -0.4 is 16.0 Å². The third-order valence-corrected chi connectivity index (χ3v) is 5.13. The zero-order chi connectivity index (χ0) is 20.1. The topological polar surface area (TPSA) is 90.3 Å². The molecular weight excluding hydrogens is 380 g/mol. The molecule has 6 nitrogen and oxygen atoms in total. The van der Waals surface area contributed by atoms with E-state index in [9.17, 15) is 0 Å². The van der Waals surface area contributed by atoms with E-state index in [-0.39, 0.29) is 5.96 Å². The molecule has 0 unspecified atom stereocenters. The van der Waals surface area contributed by atoms with E-state index in [4.69, 9.17) is 11.0 Å². The van der Waals surface area contributed by atoms with Crippen molar-refractivity contribution in [1.29, 1.82) is 5.26 Å². The van der Waals surface area contributed by atoms with E-state index in [1.807, 2.05) is 48.7 Å². The van der Waals surface area contributed by atoms with Gasteiger partial charge in [-0.15, -0.1) is 0 Å². The largest absolute Gasteiger partial charge is 0.369 e. The number of nitrogens with one attached hydrogen (secondary N) is 1. The summed E-state index contributed by atoms with van der Waals surface area (Å²) in [5.41, 5.74) is 10.6. The number of aliphatic imine (C=N–C) groups is 1. The Morgan fingerprint density at radius 1 is 1.14 bits per heavy atom. The van der Waals surface area contributed by atoms with Gasteiger partial charge in [-0.05, 0) is 47.3 Å². The fourth-order valence-electron chi connectivity index (χ4n) is 3.16. The molecule has 0 spiro atoms. The monoisotopic (exact) mass is 398 g/mol. The Balaban J connectivity index is 1.74. The molecule has 0 radical (unpaired) electrons. The van der Waals surface area contributed by atoms with Crippen LogP contribution in [0.5, 0.6) is 0 Å². The van der Waals surface area contributed by atoms with Gasteiger partial charge >= 0.3 is 0 Å². The fourth-order valence-corrected chi connectivity index (χ4v) is 3.80. The molecule has 0 atom stereocenters. The lowest BCUT2D eigenvalue weighted by atomic mass is 10.1. The third kappa shape index (κ3) is 4.18. The normalized spacial score (nSPS) is 11.2. The van der Waals surface area contributed by atoms with Crippen molar-refractivity contribution in [2.75, 3.05) is 4.90 Å². The highest BCUT2D eigenvalue weighted by Crippen LogP contribution is 2.32. The molecule has 29 heavy (non-hydrogen) atoms. The summed E-state index contributed by atoms with van der Waals surface area (Å²) >= 11 is 1.65. The SMILES string of the molecule is N#CNC(N)=Nc1cccc(N(Cc2ccnc3ccccc23)c2ccsc2)c1. The number of nitriles is 1. The number of nitrogens with two attached hydrogens (primary N) is 1. The fraction of sp³-hybridized carbons (Fsp3) is 0.0455. The average Bonchev–Trinajstić information content (AvgIpc) is 3.27. The summed E-state index contributed by atoms with van der Waals surface area (Å²) in [5, 5.41) is 16.4. The number of guanidine groups is 1. The van der Waals surface area contributed by atoms with Crippen molar-refractivity contribution in [3.63, 3.8) is 0 Å². The van der Waals surface area contributed by atoms with Crippen LogP contribution in [0.4, 0.5) is 17.1 Å². The molecule has 2 aromatic carbocycles. The van der Waals surface area contributed by atoms with Gasteiger partial charge in [0, 0.05) is 29.2 Å². The van der Waals surface area contributed by atoms with Gasteiger partial charge in [0.1, 0.15) is 0 Å². The van der Waals surface area contributed by atoms with Crippen LogP contribution in [-0.4, -0.2) is 10.9 Å². The maximum atomic E-state index is 8.70. The number of benzene rings is 2. The summed E-state index contributed by atoms with van der Waals surface area (Å²) in [5.74, 6) is 0.0619. The van der Waals surface area contributed by atoms with E-state index in [1.165, 1.54) is 5.56 Å². The second-order valence-electron chi connectivity index (χ2n) is 6.31. The Hall–Kier alpha value is -3.89. The number of hydrogen-bond donors (Lipinski definition) is 2. The van der Waals surface area contributed by atoms with Gasteiger partial charge in [-0.3, -0.25) is 10.3 Å². The number of rotatable bonds is 5. The first kappa shape index (κ1) is 18.5. The van der Waals surface area contributed by atoms with Crippen molar-refractivity contribution in [2.24, 2.45) is 10.7 Å². The first-order chi connectivity index (χ1) is 14.2. The van der Waals surface area contributed by atoms with E-state index >= 15 is 0 Å². The van der Waals surface area contributed by atoms with Crippen LogP contribution in [0.25, 0.3) is 10.9 Å². The van der Waals surface area contributed by atoms with Crippen LogP contribution in [0.1, 0.15) is 5.56 Å². The molecule has 2 heterocycles. The van der Waals surface area contributed by atoms with Crippen LogP contribution in [0.3, 0.4) is 0 Å². The van der Waals surface area contributed by atoms with Crippen molar-refractivity contribution >= 4 is 45.3 Å². The summed E-state index contributed by atoms with van der Waals surface area (Å²) in [4.78, 5) is 11.0. The predicted octanol–water partition coefficient (Wildman–Crippen LogP) is 4.65. The number of thiophene rings is 1. The zero-order valence-electron chi connectivity index (χ0n) is 15.5. The molecule has 2 aromatic heterocycles. The van der Waals surface area contributed by atoms with Crippen LogP contribution in [0.15, 0.2) is 82.6 Å². The standard InChI is InChI=1S/C22H18N6S/c23-15-26-22(24)27-17-4-3-5-18(12-17)28(19-9-11-29-14-19)13-16-8-10-25-21-7-2-1-6-20(16)21/h1-12,14H,13H2,(H3,24,26,27). The molecule has 0 saturated carbocycles. The third-order valence-electron chi connectivity index (χ3n) is 4.46. The molecule has 4 rings (SSSR count). The van der Waals surface area contributed by atoms with Gasteiger partial charge in [-0.25, -0.2) is 4.99 Å². The van der Waals surface area contributed by atoms with Gasteiger partial charge in [-0.2, -0.15) is 16.6 Å². The van der Waals surface area contributed by atoms with Gasteiger partial charge in [0.2, 0.25) is 5.96 Å². The Kier molecular flexibility index (Phi) is 5.36. The Morgan fingerprint density at radius 2 is 2.03 bits per heavy atom. The molecule has 142 valence electrons. The number of pyridine rings is 1. The van der Waals surface area contributed by atoms with Crippen LogP contribution >= 0.6 is 11.3 Å². The summed E-state index contributed by atoms with van der Waals surface area (Å²) in [7, 11) is 0. The minimum absolute atomic E-state index is 0.0619. The number of aromatic nitrogens is 1. The lowest BCUT2D eigenvalue weighted by Crippen LogP contribution is -2.26. The smallest absolute Gasteiger partial charge is 0.207 e. The average molecular weight is 398 g/mol. The molecule has 0 bridgehead atoms. The zero-order valence-corrected chi connectivity index (χ0v) is 16.3. The summed E-state index contributed by atoms with van der Waals surface area (Å²) in [6, 6.07) is 20.1. The number of nitrogens with zero attached hydrogens (tertiary/aromatic N) is 4. The number of anilines is 2. The second-order valence-corrected chi connectivity index (χ2v) is 7.09. The molecule has 3 N–H and O–H groups in total. The summed E-state index contributed by atoms with van der Waals surface area (Å²) in [6.07, 6.45) is 3.62. The molecule has 4 aromatic rings. The Morgan fingerprint density at radius 3 is 2.86 bits per heavy atom. The summed E-state index contributed by atoms with van der Waals surface area (Å²) in [6.45, 7) is 0.679. The van der Waals surface area contributed by atoms with Crippen molar-refractivity contribution in [2.45, 2.75) is 6.54 Å². The molecule has 7 heteroatoms. The van der Waals surface area contributed by atoms with Crippen molar-refractivity contribution in [3.8, 4) is 6.19 Å². The van der Waals surface area contributed by atoms with Crippen molar-refractivity contribution in [1.82, 2.24) is 10.3 Å². The van der Waals surface area contributed by atoms with Crippen LogP contribution in [-0.2, 0) is 6.54 Å². The molecule has 0 aliphatic rings. The van der Waals surface area contributed by atoms with Gasteiger partial charge in [-0.1, -0.05) is 24.3 Å². The molecular formula is C22H18N6S. The minimum atomic E-state index is 0.0619. The van der Waals surface area contributed by atoms with Gasteiger partial charge in [0.05, 0.1) is 16.9 Å². The maximum absolute atomic E-state index is 8.70. The molecule has 0 aliphatic heterocycles. The Labute approximate surface area is 172 Å². The van der Waals surface area contributed by atoms with Crippen LogP contribution in [0, 0.1) is 11.5 Å². The van der Waals surface area contributed by atoms with E-state index in [2.05, 4.69) is 49.2 Å². The first-order valence-electron chi connectivity index (χ1n) is 8.96. The van der Waals surface area contributed by atoms with E-state index in [0.717, 1.165) is 22.3 Å². The molecule has 0 amide bonds. The lowest BCUT2D eigenvalue weighted by molar-refractivity contribution is 0.985. The minimum Gasteiger partial charge on any atom is -0.369 e. The van der Waals surface area contributed by atoms with Crippen molar-refractivity contribution < 1.29 is 0 Å². The van der Waals surface area contributed by atoms with E-state index in [1.54, 1.807) is 17.5 Å². The molecule has 0 saturated heterocycles. The number of fused-ring (bicyclic) bond motifs is 1. The highest BCUT2D eigenvalue weighted by atomic mass is 32.1. The summed E-state index contributed by atoms with van der Waals surface area (Å²) < 4.78 is 0. The maximum Gasteiger partial charge on any atom is 0.207 e. The van der Waals surface area contributed by atoms with Gasteiger partial charge in [0.25, 0.3) is 0 Å². The highest BCUT2D eigenvalue weighted by molar-refractivity contribution is 7.08. The lowest BCUT2D eigenvalue weighted by Gasteiger charge is -2.25. The van der Waals surface area contributed by atoms with Gasteiger partial charge < -0.3 is 10.6 Å².